The lowest BCUT2D eigenvalue weighted by molar-refractivity contribution is -0.105. The van der Waals surface area contributed by atoms with E-state index in [-0.39, 0.29) is 6.04 Å². The number of nitrogens with zero attached hydrogens (tertiary/aromatic N) is 4. The molecule has 1 saturated heterocycles. The number of hydrogen-bond acceptors (Lipinski definition) is 6. The van der Waals surface area contributed by atoms with Crippen molar-refractivity contribution in [2.75, 3.05) is 22.5 Å². The van der Waals surface area contributed by atoms with Crippen LogP contribution in [0.4, 0.5) is 16.5 Å². The van der Waals surface area contributed by atoms with Crippen molar-refractivity contribution >= 4 is 34.3 Å². The highest BCUT2D eigenvalue weighted by atomic mass is 32.1. The van der Waals surface area contributed by atoms with Crippen LogP contribution in [0.25, 0.3) is 0 Å². The summed E-state index contributed by atoms with van der Waals surface area (Å²) >= 11 is 1.46. The molecule has 0 radical (unpaired) electrons. The first-order chi connectivity index (χ1) is 16.1. The van der Waals surface area contributed by atoms with Crippen molar-refractivity contribution in [2.24, 2.45) is 0 Å². The smallest absolute Gasteiger partial charge is 0.213 e. The summed E-state index contributed by atoms with van der Waals surface area (Å²) in [5.74, 6) is 0. The van der Waals surface area contributed by atoms with Crippen molar-refractivity contribution in [1.29, 1.82) is 0 Å². The van der Waals surface area contributed by atoms with Gasteiger partial charge in [0, 0.05) is 54.1 Å². The van der Waals surface area contributed by atoms with Gasteiger partial charge in [-0.05, 0) is 73.9 Å². The van der Waals surface area contributed by atoms with Crippen molar-refractivity contribution in [2.45, 2.75) is 32.4 Å². The van der Waals surface area contributed by atoms with Crippen LogP contribution in [-0.2, 0) is 11.3 Å². The molecule has 1 atom stereocenters. The normalized spacial score (nSPS) is 15.1. The zero-order valence-electron chi connectivity index (χ0n) is 18.6. The van der Waals surface area contributed by atoms with Gasteiger partial charge in [0.2, 0.25) is 6.41 Å². The van der Waals surface area contributed by atoms with Gasteiger partial charge in [0.25, 0.3) is 0 Å². The third-order valence-electron chi connectivity index (χ3n) is 5.68. The molecular formula is C25H28N6OS. The Bertz CT molecular complexity index is 1160. The van der Waals surface area contributed by atoms with Gasteiger partial charge < -0.3 is 20.5 Å². The van der Waals surface area contributed by atoms with Crippen LogP contribution in [0, 0.1) is 6.92 Å². The van der Waals surface area contributed by atoms with E-state index in [9.17, 15) is 4.79 Å². The van der Waals surface area contributed by atoms with Gasteiger partial charge in [0.05, 0.1) is 11.7 Å². The van der Waals surface area contributed by atoms with Crippen LogP contribution in [0.15, 0.2) is 72.5 Å². The number of nitrogens with one attached hydrogen (secondary N) is 1. The molecule has 1 aliphatic heterocycles. The molecule has 170 valence electrons. The number of aryl methyl sites for hydroxylation is 1. The highest BCUT2D eigenvalue weighted by molar-refractivity contribution is 7.13. The van der Waals surface area contributed by atoms with Crippen LogP contribution < -0.4 is 16.0 Å². The van der Waals surface area contributed by atoms with E-state index in [2.05, 4.69) is 50.0 Å². The van der Waals surface area contributed by atoms with Gasteiger partial charge in [-0.3, -0.25) is 9.78 Å². The summed E-state index contributed by atoms with van der Waals surface area (Å²) in [5, 5.41) is 5.28. The minimum Gasteiger partial charge on any atom is -0.399 e. The Labute approximate surface area is 197 Å². The number of carbonyl (C=O) groups is 1. The van der Waals surface area contributed by atoms with E-state index in [1.165, 1.54) is 28.3 Å². The lowest BCUT2D eigenvalue weighted by Crippen LogP contribution is -2.22. The fraction of sp³-hybridized carbons (Fsp3) is 0.240. The van der Waals surface area contributed by atoms with Gasteiger partial charge in [-0.15, -0.1) is 11.3 Å². The first-order valence-electron chi connectivity index (χ1n) is 10.9. The Morgan fingerprint density at radius 2 is 1.97 bits per heavy atom. The van der Waals surface area contributed by atoms with Crippen LogP contribution >= 0.6 is 11.3 Å². The van der Waals surface area contributed by atoms with E-state index < -0.39 is 0 Å². The number of thiazole rings is 1. The summed E-state index contributed by atoms with van der Waals surface area (Å²) in [5.41, 5.74) is 11.3. The van der Waals surface area contributed by atoms with Gasteiger partial charge in [-0.2, -0.15) is 0 Å². The zero-order valence-corrected chi connectivity index (χ0v) is 19.4. The van der Waals surface area contributed by atoms with Gasteiger partial charge in [-0.25, -0.2) is 4.98 Å². The number of pyridine rings is 1. The average molecular weight is 461 g/mol. The maximum absolute atomic E-state index is 10.5. The number of carbonyl (C=O) groups excluding carboxylic acids is 1. The number of hydrogen-bond donors (Lipinski definition) is 2. The molecular weight excluding hydrogens is 432 g/mol. The molecule has 1 unspecified atom stereocenters. The zero-order chi connectivity index (χ0) is 23.0. The Balaban J connectivity index is 0.000000172. The minimum atomic E-state index is 0.275. The van der Waals surface area contributed by atoms with Gasteiger partial charge in [0.15, 0.2) is 5.13 Å². The van der Waals surface area contributed by atoms with Crippen LogP contribution in [0.3, 0.4) is 0 Å². The third kappa shape index (κ3) is 5.78. The van der Waals surface area contributed by atoms with E-state index in [0.717, 1.165) is 37.3 Å². The highest BCUT2D eigenvalue weighted by Gasteiger charge is 2.28. The molecule has 33 heavy (non-hydrogen) atoms. The summed E-state index contributed by atoms with van der Waals surface area (Å²) in [6.07, 6.45) is 8.63. The molecule has 3 N–H and O–H groups in total. The molecule has 1 aliphatic rings. The quantitative estimate of drug-likeness (QED) is 0.316. The molecule has 1 amide bonds. The lowest BCUT2D eigenvalue weighted by Gasteiger charge is -2.25. The fourth-order valence-electron chi connectivity index (χ4n) is 3.97. The fourth-order valence-corrected chi connectivity index (χ4v) is 4.68. The van der Waals surface area contributed by atoms with Crippen molar-refractivity contribution in [3.63, 3.8) is 0 Å². The van der Waals surface area contributed by atoms with Crippen LogP contribution in [0.5, 0.6) is 0 Å². The molecule has 7 nitrogen and oxygen atoms in total. The monoisotopic (exact) mass is 460 g/mol. The minimum absolute atomic E-state index is 0.275. The summed E-state index contributed by atoms with van der Waals surface area (Å²) in [4.78, 5) is 21.3. The maximum Gasteiger partial charge on any atom is 0.213 e. The number of aromatic nitrogens is 3. The second-order valence-corrected chi connectivity index (χ2v) is 8.77. The van der Waals surface area contributed by atoms with E-state index in [0.29, 0.717) is 11.5 Å². The van der Waals surface area contributed by atoms with Gasteiger partial charge >= 0.3 is 0 Å². The number of benzene rings is 1. The van der Waals surface area contributed by atoms with Gasteiger partial charge in [-0.1, -0.05) is 0 Å². The molecule has 0 spiro atoms. The van der Waals surface area contributed by atoms with Crippen molar-refractivity contribution < 1.29 is 4.79 Å². The molecule has 1 aromatic carbocycles. The summed E-state index contributed by atoms with van der Waals surface area (Å²) in [6.45, 7) is 4.06. The predicted molar refractivity (Wildman–Crippen MR) is 134 cm³/mol. The average Bonchev–Trinajstić information content (AvgIpc) is 3.58. The van der Waals surface area contributed by atoms with E-state index in [1.54, 1.807) is 0 Å². The number of nitrogens with two attached hydrogens (primary N) is 1. The Hall–Kier alpha value is -3.65. The first-order valence-corrected chi connectivity index (χ1v) is 11.8. The Kier molecular flexibility index (Phi) is 7.36. The molecule has 4 heterocycles. The number of amides is 1. The second-order valence-electron chi connectivity index (χ2n) is 7.92. The standard InChI is InChI=1S/C14H16N4OS.C11H12N2/c15-10-3-5-11(6-4-10)18-7-1-2-13(18)12-8-20-14(17-12)16-9-19;1-10-3-2-8-13(10)9-11-4-6-12-7-5-11/h3-6,8-9,13H,1-2,7,15H2,(H,16,17,19);2-8H,9H2,1H3. The van der Waals surface area contributed by atoms with Crippen LogP contribution in [0.2, 0.25) is 0 Å². The molecule has 0 saturated carbocycles. The van der Waals surface area contributed by atoms with Gasteiger partial charge in [0.1, 0.15) is 0 Å². The number of nitrogen functional groups attached to an aromatic ring is 1. The summed E-state index contributed by atoms with van der Waals surface area (Å²) in [7, 11) is 0. The SMILES string of the molecule is Cc1cccn1Cc1ccncc1.Nc1ccc(N2CCCC2c2csc(NC=O)n2)cc1. The second kappa shape index (κ2) is 10.8. The molecule has 0 aliphatic carbocycles. The topological polar surface area (TPSA) is 89.1 Å². The molecule has 5 rings (SSSR count). The summed E-state index contributed by atoms with van der Waals surface area (Å²) < 4.78 is 2.22. The maximum atomic E-state index is 10.5. The largest absolute Gasteiger partial charge is 0.399 e. The highest BCUT2D eigenvalue weighted by Crippen LogP contribution is 2.37. The number of anilines is 3. The summed E-state index contributed by atoms with van der Waals surface area (Å²) in [6, 6.07) is 16.5. The molecule has 0 bridgehead atoms. The first kappa shape index (κ1) is 22.5. The lowest BCUT2D eigenvalue weighted by atomic mass is 10.1. The molecule has 1 fully saturated rings. The van der Waals surface area contributed by atoms with E-state index in [4.69, 9.17) is 5.73 Å². The van der Waals surface area contributed by atoms with Crippen molar-refractivity contribution in [3.05, 3.63) is 89.5 Å². The van der Waals surface area contributed by atoms with Crippen LogP contribution in [-0.4, -0.2) is 27.5 Å². The number of rotatable bonds is 6. The van der Waals surface area contributed by atoms with E-state index in [1.807, 2.05) is 54.2 Å². The van der Waals surface area contributed by atoms with Crippen molar-refractivity contribution in [3.8, 4) is 0 Å². The van der Waals surface area contributed by atoms with E-state index >= 15 is 0 Å². The van der Waals surface area contributed by atoms with Crippen molar-refractivity contribution in [1.82, 2.24) is 14.5 Å². The predicted octanol–water partition coefficient (Wildman–Crippen LogP) is 4.87. The molecule has 4 aromatic rings. The van der Waals surface area contributed by atoms with Crippen LogP contribution in [0.1, 0.15) is 35.8 Å². The molecule has 8 heteroatoms. The Morgan fingerprint density at radius 1 is 1.18 bits per heavy atom. The molecule has 3 aromatic heterocycles. The third-order valence-corrected chi connectivity index (χ3v) is 6.47. The Morgan fingerprint density at radius 3 is 2.67 bits per heavy atom.